The van der Waals surface area contributed by atoms with E-state index in [1.165, 1.54) is 22.3 Å². The number of benzene rings is 2. The minimum absolute atomic E-state index is 0.0984. The highest BCUT2D eigenvalue weighted by Crippen LogP contribution is 2.28. The Morgan fingerprint density at radius 2 is 1.43 bits per heavy atom. The molecule has 1 unspecified atom stereocenters. The zero-order chi connectivity index (χ0) is 15.6. The first-order valence-corrected chi connectivity index (χ1v) is 7.48. The molecule has 0 heterocycles. The van der Waals surface area contributed by atoms with Crippen molar-refractivity contribution in [1.82, 2.24) is 0 Å². The maximum absolute atomic E-state index is 6.48. The van der Waals surface area contributed by atoms with Crippen LogP contribution in [0.3, 0.4) is 0 Å². The summed E-state index contributed by atoms with van der Waals surface area (Å²) < 4.78 is 5.68. The third kappa shape index (κ3) is 3.64. The Kier molecular flexibility index (Phi) is 4.69. The lowest BCUT2D eigenvalue weighted by Gasteiger charge is -2.19. The van der Waals surface area contributed by atoms with Crippen LogP contribution in [0, 0.1) is 20.8 Å². The summed E-state index contributed by atoms with van der Waals surface area (Å²) in [5, 5.41) is 0. The van der Waals surface area contributed by atoms with Gasteiger partial charge in [-0.3, -0.25) is 0 Å². The molecule has 0 saturated heterocycles. The smallest absolute Gasteiger partial charge is 0.119 e. The van der Waals surface area contributed by atoms with E-state index in [2.05, 4.69) is 45.0 Å². The van der Waals surface area contributed by atoms with E-state index in [4.69, 9.17) is 10.5 Å². The van der Waals surface area contributed by atoms with Gasteiger partial charge in [-0.1, -0.05) is 29.8 Å². The zero-order valence-electron chi connectivity index (χ0n) is 13.6. The fourth-order valence-corrected chi connectivity index (χ4v) is 2.87. The number of hydrogen-bond acceptors (Lipinski definition) is 2. The summed E-state index contributed by atoms with van der Waals surface area (Å²) in [6.07, 6.45) is 0.186. The van der Waals surface area contributed by atoms with Crippen LogP contribution in [0.25, 0.3) is 0 Å². The van der Waals surface area contributed by atoms with Crippen molar-refractivity contribution in [3.05, 3.63) is 64.2 Å². The van der Waals surface area contributed by atoms with Gasteiger partial charge in [-0.05, 0) is 69.0 Å². The maximum Gasteiger partial charge on any atom is 0.119 e. The third-order valence-corrected chi connectivity index (χ3v) is 3.66. The van der Waals surface area contributed by atoms with Crippen LogP contribution >= 0.6 is 0 Å². The molecule has 2 rings (SSSR count). The highest BCUT2D eigenvalue weighted by Gasteiger charge is 2.14. The lowest BCUT2D eigenvalue weighted by molar-refractivity contribution is 0.242. The van der Waals surface area contributed by atoms with Gasteiger partial charge in [0.15, 0.2) is 0 Å². The average Bonchev–Trinajstić information content (AvgIpc) is 2.37. The van der Waals surface area contributed by atoms with Crippen LogP contribution < -0.4 is 10.5 Å². The standard InChI is InChI=1S/C19H25NO/c1-12(2)21-17-8-6-16(7-9-17)19(20)18-14(4)10-13(3)11-15(18)5/h6-12,19H,20H2,1-5H3. The quantitative estimate of drug-likeness (QED) is 0.900. The molecule has 2 nitrogen and oxygen atoms in total. The van der Waals surface area contributed by atoms with Crippen LogP contribution in [0.4, 0.5) is 0 Å². The van der Waals surface area contributed by atoms with E-state index in [1.807, 2.05) is 26.0 Å². The van der Waals surface area contributed by atoms with Crippen LogP contribution in [0.15, 0.2) is 36.4 Å². The van der Waals surface area contributed by atoms with Gasteiger partial charge in [0, 0.05) is 0 Å². The van der Waals surface area contributed by atoms with Gasteiger partial charge in [-0.15, -0.1) is 0 Å². The summed E-state index contributed by atoms with van der Waals surface area (Å²) in [6, 6.07) is 12.4. The predicted octanol–water partition coefficient (Wildman–Crippen LogP) is 4.45. The summed E-state index contributed by atoms with van der Waals surface area (Å²) in [4.78, 5) is 0. The molecule has 2 aromatic rings. The summed E-state index contributed by atoms with van der Waals surface area (Å²) in [5.41, 5.74) is 12.6. The van der Waals surface area contributed by atoms with E-state index in [-0.39, 0.29) is 12.1 Å². The van der Waals surface area contributed by atoms with Crippen molar-refractivity contribution in [2.24, 2.45) is 5.73 Å². The SMILES string of the molecule is Cc1cc(C)c(C(N)c2ccc(OC(C)C)cc2)c(C)c1. The van der Waals surface area contributed by atoms with E-state index >= 15 is 0 Å². The zero-order valence-corrected chi connectivity index (χ0v) is 13.6. The number of rotatable bonds is 4. The lowest BCUT2D eigenvalue weighted by Crippen LogP contribution is -2.15. The van der Waals surface area contributed by atoms with Crippen LogP contribution in [0.5, 0.6) is 5.75 Å². The van der Waals surface area contributed by atoms with Gasteiger partial charge in [-0.2, -0.15) is 0 Å². The van der Waals surface area contributed by atoms with Gasteiger partial charge in [0.2, 0.25) is 0 Å². The van der Waals surface area contributed by atoms with Gasteiger partial charge in [0.25, 0.3) is 0 Å². The minimum Gasteiger partial charge on any atom is -0.491 e. The molecular weight excluding hydrogens is 258 g/mol. The van der Waals surface area contributed by atoms with Crippen molar-refractivity contribution in [3.8, 4) is 5.75 Å². The minimum atomic E-state index is -0.0984. The molecule has 0 radical (unpaired) electrons. The average molecular weight is 283 g/mol. The summed E-state index contributed by atoms with van der Waals surface area (Å²) in [6.45, 7) is 10.4. The molecule has 0 bridgehead atoms. The van der Waals surface area contributed by atoms with Crippen LogP contribution in [-0.2, 0) is 0 Å². The molecule has 21 heavy (non-hydrogen) atoms. The van der Waals surface area contributed by atoms with E-state index in [9.17, 15) is 0 Å². The van der Waals surface area contributed by atoms with Crippen molar-refractivity contribution in [2.75, 3.05) is 0 Å². The van der Waals surface area contributed by atoms with Crippen LogP contribution in [0.2, 0.25) is 0 Å². The molecule has 0 fully saturated rings. The Hall–Kier alpha value is -1.80. The van der Waals surface area contributed by atoms with E-state index in [0.717, 1.165) is 11.3 Å². The van der Waals surface area contributed by atoms with Gasteiger partial charge < -0.3 is 10.5 Å². The largest absolute Gasteiger partial charge is 0.491 e. The topological polar surface area (TPSA) is 35.2 Å². The number of ether oxygens (including phenoxy) is 1. The Labute approximate surface area is 127 Å². The Balaban J connectivity index is 2.30. The van der Waals surface area contributed by atoms with Crippen molar-refractivity contribution < 1.29 is 4.74 Å². The molecular formula is C19H25NO. The highest BCUT2D eigenvalue weighted by atomic mass is 16.5. The number of nitrogens with two attached hydrogens (primary N) is 1. The third-order valence-electron chi connectivity index (χ3n) is 3.66. The monoisotopic (exact) mass is 283 g/mol. The fraction of sp³-hybridized carbons (Fsp3) is 0.368. The van der Waals surface area contributed by atoms with Gasteiger partial charge in [0.05, 0.1) is 12.1 Å². The van der Waals surface area contributed by atoms with Crippen LogP contribution in [0.1, 0.15) is 47.7 Å². The second-order valence-corrected chi connectivity index (χ2v) is 6.03. The Bertz CT molecular complexity index is 591. The number of hydrogen-bond donors (Lipinski definition) is 1. The lowest BCUT2D eigenvalue weighted by atomic mass is 9.90. The molecule has 0 aromatic heterocycles. The number of aryl methyl sites for hydroxylation is 3. The fourth-order valence-electron chi connectivity index (χ4n) is 2.87. The van der Waals surface area contributed by atoms with Gasteiger partial charge in [0.1, 0.15) is 5.75 Å². The molecule has 0 amide bonds. The van der Waals surface area contributed by atoms with Crippen molar-refractivity contribution in [2.45, 2.75) is 46.8 Å². The van der Waals surface area contributed by atoms with Crippen molar-refractivity contribution >= 4 is 0 Å². The molecule has 2 heteroatoms. The first-order valence-electron chi connectivity index (χ1n) is 7.48. The van der Waals surface area contributed by atoms with E-state index in [1.54, 1.807) is 0 Å². The molecule has 2 N–H and O–H groups in total. The van der Waals surface area contributed by atoms with Crippen LogP contribution in [-0.4, -0.2) is 6.10 Å². The summed E-state index contributed by atoms with van der Waals surface area (Å²) in [5.74, 6) is 0.887. The Morgan fingerprint density at radius 3 is 1.90 bits per heavy atom. The normalized spacial score (nSPS) is 12.5. The predicted molar refractivity (Wildman–Crippen MR) is 88.9 cm³/mol. The van der Waals surface area contributed by atoms with Crippen molar-refractivity contribution in [1.29, 1.82) is 0 Å². The van der Waals surface area contributed by atoms with Gasteiger partial charge in [-0.25, -0.2) is 0 Å². The van der Waals surface area contributed by atoms with Gasteiger partial charge >= 0.3 is 0 Å². The summed E-state index contributed by atoms with van der Waals surface area (Å²) >= 11 is 0. The molecule has 0 spiro atoms. The first kappa shape index (κ1) is 15.6. The molecule has 0 saturated carbocycles. The first-order chi connectivity index (χ1) is 9.88. The van der Waals surface area contributed by atoms with E-state index < -0.39 is 0 Å². The molecule has 2 aromatic carbocycles. The maximum atomic E-state index is 6.48. The molecule has 0 aliphatic carbocycles. The van der Waals surface area contributed by atoms with E-state index in [0.29, 0.717) is 0 Å². The molecule has 1 atom stereocenters. The second-order valence-electron chi connectivity index (χ2n) is 6.03. The van der Waals surface area contributed by atoms with Crippen molar-refractivity contribution in [3.63, 3.8) is 0 Å². The molecule has 112 valence electrons. The highest BCUT2D eigenvalue weighted by molar-refractivity contribution is 5.44. The summed E-state index contributed by atoms with van der Waals surface area (Å²) in [7, 11) is 0. The Morgan fingerprint density at radius 1 is 0.905 bits per heavy atom. The second kappa shape index (κ2) is 6.31. The molecule has 0 aliphatic rings. The molecule has 0 aliphatic heterocycles.